The van der Waals surface area contributed by atoms with Gasteiger partial charge in [0.2, 0.25) is 5.95 Å². The quantitative estimate of drug-likeness (QED) is 0.478. The average Bonchev–Trinajstić information content (AvgIpc) is 1.88. The van der Waals surface area contributed by atoms with Crippen LogP contribution >= 0.6 is 23.2 Å². The Kier molecular flexibility index (Phi) is 2.46. The van der Waals surface area contributed by atoms with Gasteiger partial charge in [0.05, 0.1) is 5.69 Å². The summed E-state index contributed by atoms with van der Waals surface area (Å²) in [5, 5.41) is 0. The second-order valence-corrected chi connectivity index (χ2v) is 2.78. The summed E-state index contributed by atoms with van der Waals surface area (Å²) in [6, 6.07) is 4.31. The fraction of sp³-hybridized carbons (Fsp3) is 0.167. The first kappa shape index (κ1) is 7.76. The van der Waals surface area contributed by atoms with Crippen molar-refractivity contribution in [3.63, 3.8) is 0 Å². The van der Waals surface area contributed by atoms with Gasteiger partial charge >= 0.3 is 0 Å². The molecule has 1 aromatic rings. The molecule has 1 aromatic heterocycles. The Morgan fingerprint density at radius 1 is 1.40 bits per heavy atom. The van der Waals surface area contributed by atoms with E-state index >= 15 is 0 Å². The maximum atomic E-state index is 12.3. The molecule has 1 heterocycles. The van der Waals surface area contributed by atoms with Crippen LogP contribution in [-0.2, 0) is 0 Å². The van der Waals surface area contributed by atoms with Crippen molar-refractivity contribution in [1.82, 2.24) is 4.98 Å². The summed E-state index contributed by atoms with van der Waals surface area (Å²) in [5.74, 6) is -0.566. The molecular formula is C6H4Cl2FN. The highest BCUT2D eigenvalue weighted by Crippen LogP contribution is 2.21. The van der Waals surface area contributed by atoms with Gasteiger partial charge in [-0.25, -0.2) is 4.98 Å². The Labute approximate surface area is 67.8 Å². The van der Waals surface area contributed by atoms with Crippen LogP contribution in [-0.4, -0.2) is 4.98 Å². The van der Waals surface area contributed by atoms with Gasteiger partial charge in [-0.1, -0.05) is 29.3 Å². The monoisotopic (exact) mass is 179 g/mol. The van der Waals surface area contributed by atoms with Crippen molar-refractivity contribution < 1.29 is 4.39 Å². The Balaban J connectivity index is 2.96. The second-order valence-electron chi connectivity index (χ2n) is 1.69. The Morgan fingerprint density at radius 2 is 2.10 bits per heavy atom. The minimum absolute atomic E-state index is 0.336. The summed E-state index contributed by atoms with van der Waals surface area (Å²) in [7, 11) is 0. The molecule has 0 aromatic carbocycles. The highest BCUT2D eigenvalue weighted by molar-refractivity contribution is 6.43. The predicted molar refractivity (Wildman–Crippen MR) is 38.6 cm³/mol. The molecule has 1 rings (SSSR count). The third-order valence-corrected chi connectivity index (χ3v) is 1.41. The number of aromatic nitrogens is 1. The minimum atomic E-state index is -0.754. The number of halogens is 3. The normalized spacial score (nSPS) is 10.4. The third kappa shape index (κ3) is 1.82. The number of alkyl halides is 2. The SMILES string of the molecule is Fc1cccc(C(Cl)Cl)n1. The van der Waals surface area contributed by atoms with Crippen LogP contribution in [0.4, 0.5) is 4.39 Å². The van der Waals surface area contributed by atoms with Crippen molar-refractivity contribution in [2.75, 3.05) is 0 Å². The molecule has 54 valence electrons. The molecule has 0 saturated heterocycles. The molecule has 0 atom stereocenters. The Morgan fingerprint density at radius 3 is 2.50 bits per heavy atom. The van der Waals surface area contributed by atoms with Crippen LogP contribution in [0.15, 0.2) is 18.2 Å². The summed E-state index contributed by atoms with van der Waals surface area (Å²) in [4.78, 5) is 2.69. The molecule has 1 nitrogen and oxygen atoms in total. The third-order valence-electron chi connectivity index (χ3n) is 0.960. The van der Waals surface area contributed by atoms with Crippen LogP contribution < -0.4 is 0 Å². The van der Waals surface area contributed by atoms with Gasteiger partial charge in [0, 0.05) is 0 Å². The number of hydrogen-bond donors (Lipinski definition) is 0. The zero-order valence-electron chi connectivity index (χ0n) is 4.89. The Hall–Kier alpha value is -0.340. The van der Waals surface area contributed by atoms with Crippen LogP contribution in [0, 0.1) is 5.95 Å². The maximum absolute atomic E-state index is 12.3. The molecule has 0 spiro atoms. The van der Waals surface area contributed by atoms with E-state index in [0.717, 1.165) is 0 Å². The zero-order valence-corrected chi connectivity index (χ0v) is 6.40. The van der Waals surface area contributed by atoms with E-state index < -0.39 is 10.8 Å². The van der Waals surface area contributed by atoms with Gasteiger partial charge in [-0.05, 0) is 12.1 Å². The van der Waals surface area contributed by atoms with E-state index in [-0.39, 0.29) is 0 Å². The van der Waals surface area contributed by atoms with E-state index in [0.29, 0.717) is 5.69 Å². The largest absolute Gasteiger partial charge is 0.222 e. The van der Waals surface area contributed by atoms with Gasteiger partial charge < -0.3 is 0 Å². The summed E-state index contributed by atoms with van der Waals surface area (Å²) in [5.41, 5.74) is 0.336. The first-order chi connectivity index (χ1) is 4.70. The van der Waals surface area contributed by atoms with Gasteiger partial charge in [0.1, 0.15) is 4.84 Å². The van der Waals surface area contributed by atoms with E-state index in [1.54, 1.807) is 6.07 Å². The lowest BCUT2D eigenvalue weighted by molar-refractivity contribution is 0.579. The van der Waals surface area contributed by atoms with Gasteiger partial charge in [-0.2, -0.15) is 4.39 Å². The van der Waals surface area contributed by atoms with E-state index in [1.165, 1.54) is 12.1 Å². The Bertz CT molecular complexity index is 227. The van der Waals surface area contributed by atoms with Crippen LogP contribution in [0.1, 0.15) is 10.5 Å². The van der Waals surface area contributed by atoms with Crippen LogP contribution in [0.3, 0.4) is 0 Å². The molecule has 0 aliphatic heterocycles. The fourth-order valence-electron chi connectivity index (χ4n) is 0.546. The highest BCUT2D eigenvalue weighted by atomic mass is 35.5. The first-order valence-electron chi connectivity index (χ1n) is 2.61. The molecule has 4 heteroatoms. The van der Waals surface area contributed by atoms with Crippen molar-refractivity contribution in [3.8, 4) is 0 Å². The molecule has 0 aliphatic rings. The zero-order chi connectivity index (χ0) is 7.56. The molecule has 0 radical (unpaired) electrons. The second kappa shape index (κ2) is 3.17. The number of rotatable bonds is 1. The van der Waals surface area contributed by atoms with Crippen molar-refractivity contribution in [2.24, 2.45) is 0 Å². The summed E-state index contributed by atoms with van der Waals surface area (Å²) in [6.07, 6.45) is 0. The standard InChI is InChI=1S/C6H4Cl2FN/c7-6(8)4-2-1-3-5(9)10-4/h1-3,6H. The number of nitrogens with zero attached hydrogens (tertiary/aromatic N) is 1. The summed E-state index contributed by atoms with van der Waals surface area (Å²) >= 11 is 10.8. The molecule has 10 heavy (non-hydrogen) atoms. The molecule has 0 aliphatic carbocycles. The van der Waals surface area contributed by atoms with Crippen molar-refractivity contribution in [1.29, 1.82) is 0 Å². The molecule has 0 fully saturated rings. The van der Waals surface area contributed by atoms with Gasteiger partial charge in [0.25, 0.3) is 0 Å². The minimum Gasteiger partial charge on any atom is -0.222 e. The van der Waals surface area contributed by atoms with Gasteiger partial charge in [0.15, 0.2) is 0 Å². The molecule has 0 N–H and O–H groups in total. The topological polar surface area (TPSA) is 12.9 Å². The van der Waals surface area contributed by atoms with Crippen molar-refractivity contribution >= 4 is 23.2 Å². The lowest BCUT2D eigenvalue weighted by atomic mass is 10.4. The van der Waals surface area contributed by atoms with Gasteiger partial charge in [-0.3, -0.25) is 0 Å². The lowest BCUT2D eigenvalue weighted by Crippen LogP contribution is -1.89. The predicted octanol–water partition coefficient (Wildman–Crippen LogP) is 2.70. The molecule has 0 bridgehead atoms. The summed E-state index contributed by atoms with van der Waals surface area (Å²) < 4.78 is 12.3. The van der Waals surface area contributed by atoms with Crippen LogP contribution in [0.25, 0.3) is 0 Å². The molecule has 0 saturated carbocycles. The summed E-state index contributed by atoms with van der Waals surface area (Å²) in [6.45, 7) is 0. The number of pyridine rings is 1. The highest BCUT2D eigenvalue weighted by Gasteiger charge is 2.04. The number of hydrogen-bond acceptors (Lipinski definition) is 1. The fourth-order valence-corrected chi connectivity index (χ4v) is 0.789. The van der Waals surface area contributed by atoms with Crippen LogP contribution in [0.5, 0.6) is 0 Å². The molecule has 0 unspecified atom stereocenters. The van der Waals surface area contributed by atoms with E-state index in [9.17, 15) is 4.39 Å². The first-order valence-corrected chi connectivity index (χ1v) is 3.48. The maximum Gasteiger partial charge on any atom is 0.213 e. The smallest absolute Gasteiger partial charge is 0.213 e. The lowest BCUT2D eigenvalue weighted by Gasteiger charge is -1.97. The van der Waals surface area contributed by atoms with Crippen molar-refractivity contribution in [3.05, 3.63) is 29.8 Å². The molecular weight excluding hydrogens is 176 g/mol. The van der Waals surface area contributed by atoms with E-state index in [4.69, 9.17) is 23.2 Å². The molecule has 0 amide bonds. The average molecular weight is 180 g/mol. The van der Waals surface area contributed by atoms with Gasteiger partial charge in [-0.15, -0.1) is 0 Å². The van der Waals surface area contributed by atoms with Crippen LogP contribution in [0.2, 0.25) is 0 Å². The van der Waals surface area contributed by atoms with E-state index in [2.05, 4.69) is 4.98 Å². The van der Waals surface area contributed by atoms with E-state index in [1.807, 2.05) is 0 Å². The van der Waals surface area contributed by atoms with Crippen molar-refractivity contribution in [2.45, 2.75) is 4.84 Å².